The Kier molecular flexibility index (Phi) is 4.38. The molecule has 0 aliphatic rings. The number of nitrogens with two attached hydrogens (primary N) is 2. The Bertz CT molecular complexity index is 564. The lowest BCUT2D eigenvalue weighted by Crippen LogP contribution is -2.35. The van der Waals surface area contributed by atoms with Gasteiger partial charge in [0.2, 0.25) is 5.91 Å². The van der Waals surface area contributed by atoms with Crippen LogP contribution in [0.4, 0.5) is 11.4 Å². The molecule has 20 heavy (non-hydrogen) atoms. The first-order valence-corrected chi connectivity index (χ1v) is 6.55. The first-order valence-electron chi connectivity index (χ1n) is 6.55. The minimum atomic E-state index is -0.458. The monoisotopic (exact) mass is 269 g/mol. The molecule has 2 rings (SSSR count). The highest BCUT2D eigenvalue weighted by atomic mass is 16.1. The van der Waals surface area contributed by atoms with Crippen LogP contribution in [0.2, 0.25) is 0 Å². The predicted octanol–water partition coefficient (Wildman–Crippen LogP) is 2.35. The maximum absolute atomic E-state index is 11.4. The van der Waals surface area contributed by atoms with Crippen LogP contribution in [0.3, 0.4) is 0 Å². The number of amides is 1. The number of hydrogen-bond donors (Lipinski definition) is 3. The molecule has 0 bridgehead atoms. The third kappa shape index (κ3) is 3.36. The van der Waals surface area contributed by atoms with Crippen LogP contribution in [0.1, 0.15) is 18.4 Å². The maximum atomic E-state index is 11.4. The third-order valence-electron chi connectivity index (χ3n) is 3.16. The molecule has 2 atom stereocenters. The number of hydrogen-bond acceptors (Lipinski definition) is 3. The van der Waals surface area contributed by atoms with Gasteiger partial charge < -0.3 is 16.8 Å². The second-order valence-electron chi connectivity index (χ2n) is 4.85. The van der Waals surface area contributed by atoms with Gasteiger partial charge >= 0.3 is 0 Å². The summed E-state index contributed by atoms with van der Waals surface area (Å²) in [4.78, 5) is 11.4. The quantitative estimate of drug-likeness (QED) is 0.779. The molecule has 0 heterocycles. The van der Waals surface area contributed by atoms with Crippen LogP contribution >= 0.6 is 0 Å². The van der Waals surface area contributed by atoms with Crippen molar-refractivity contribution >= 4 is 17.3 Å². The molecule has 0 spiro atoms. The van der Waals surface area contributed by atoms with Crippen molar-refractivity contribution in [1.29, 1.82) is 0 Å². The van der Waals surface area contributed by atoms with Gasteiger partial charge in [-0.2, -0.15) is 0 Å². The molecule has 0 aromatic heterocycles. The number of primary amides is 1. The SMILES string of the molecule is CC(N)C(C(N)=O)c1ccc(Nc2ccccc2)cc1. The third-order valence-corrected chi connectivity index (χ3v) is 3.16. The molecule has 4 heteroatoms. The Labute approximate surface area is 118 Å². The lowest BCUT2D eigenvalue weighted by Gasteiger charge is -2.18. The number of carbonyl (C=O) groups is 1. The molecule has 104 valence electrons. The minimum absolute atomic E-state index is 0.305. The van der Waals surface area contributed by atoms with Crippen molar-refractivity contribution in [3.8, 4) is 0 Å². The number of nitrogens with one attached hydrogen (secondary N) is 1. The molecule has 0 saturated heterocycles. The van der Waals surface area contributed by atoms with E-state index in [4.69, 9.17) is 11.5 Å². The van der Waals surface area contributed by atoms with Crippen molar-refractivity contribution in [2.24, 2.45) is 11.5 Å². The summed E-state index contributed by atoms with van der Waals surface area (Å²) in [5, 5.41) is 3.28. The molecule has 0 radical (unpaired) electrons. The van der Waals surface area contributed by atoms with E-state index < -0.39 is 11.8 Å². The summed E-state index contributed by atoms with van der Waals surface area (Å²) in [6.07, 6.45) is 0. The van der Waals surface area contributed by atoms with E-state index in [2.05, 4.69) is 5.32 Å². The highest BCUT2D eigenvalue weighted by Gasteiger charge is 2.21. The van der Waals surface area contributed by atoms with Gasteiger partial charge in [-0.1, -0.05) is 30.3 Å². The van der Waals surface area contributed by atoms with Gasteiger partial charge in [0.05, 0.1) is 5.92 Å². The van der Waals surface area contributed by atoms with Crippen LogP contribution in [0.15, 0.2) is 54.6 Å². The van der Waals surface area contributed by atoms with Crippen molar-refractivity contribution in [2.45, 2.75) is 18.9 Å². The highest BCUT2D eigenvalue weighted by molar-refractivity contribution is 5.83. The van der Waals surface area contributed by atoms with E-state index in [1.807, 2.05) is 54.6 Å². The predicted molar refractivity (Wildman–Crippen MR) is 81.8 cm³/mol. The fourth-order valence-electron chi connectivity index (χ4n) is 2.19. The van der Waals surface area contributed by atoms with Crippen molar-refractivity contribution in [2.75, 3.05) is 5.32 Å². The standard InChI is InChI=1S/C16H19N3O/c1-11(17)15(16(18)20)12-7-9-14(10-8-12)19-13-5-3-2-4-6-13/h2-11,15,19H,17H2,1H3,(H2,18,20). The number of benzene rings is 2. The van der Waals surface area contributed by atoms with Crippen molar-refractivity contribution in [3.05, 3.63) is 60.2 Å². The van der Waals surface area contributed by atoms with Crippen LogP contribution < -0.4 is 16.8 Å². The average molecular weight is 269 g/mol. The largest absolute Gasteiger partial charge is 0.369 e. The zero-order valence-electron chi connectivity index (χ0n) is 11.4. The second kappa shape index (κ2) is 6.21. The van der Waals surface area contributed by atoms with E-state index in [0.29, 0.717) is 0 Å². The number of carbonyl (C=O) groups excluding carboxylic acids is 1. The van der Waals surface area contributed by atoms with E-state index in [0.717, 1.165) is 16.9 Å². The summed E-state index contributed by atoms with van der Waals surface area (Å²) in [7, 11) is 0. The van der Waals surface area contributed by atoms with E-state index in [9.17, 15) is 4.79 Å². The lowest BCUT2D eigenvalue weighted by atomic mass is 9.92. The van der Waals surface area contributed by atoms with Crippen molar-refractivity contribution < 1.29 is 4.79 Å². The first kappa shape index (κ1) is 14.1. The van der Waals surface area contributed by atoms with Gasteiger partial charge in [0, 0.05) is 17.4 Å². The summed E-state index contributed by atoms with van der Waals surface area (Å²) in [5.74, 6) is -0.857. The summed E-state index contributed by atoms with van der Waals surface area (Å²) < 4.78 is 0. The number of rotatable bonds is 5. The molecule has 2 unspecified atom stereocenters. The van der Waals surface area contributed by atoms with E-state index in [-0.39, 0.29) is 6.04 Å². The summed E-state index contributed by atoms with van der Waals surface area (Å²) in [6, 6.07) is 17.2. The van der Waals surface area contributed by atoms with Gasteiger partial charge in [-0.15, -0.1) is 0 Å². The van der Waals surface area contributed by atoms with Crippen LogP contribution in [-0.2, 0) is 4.79 Å². The Hall–Kier alpha value is -2.33. The van der Waals surface area contributed by atoms with Crippen molar-refractivity contribution in [3.63, 3.8) is 0 Å². The molecule has 0 aliphatic heterocycles. The van der Waals surface area contributed by atoms with Gasteiger partial charge in [-0.3, -0.25) is 4.79 Å². The Balaban J connectivity index is 2.15. The smallest absolute Gasteiger partial charge is 0.226 e. The van der Waals surface area contributed by atoms with Gasteiger partial charge in [-0.25, -0.2) is 0 Å². The molecule has 4 nitrogen and oxygen atoms in total. The number of para-hydroxylation sites is 1. The molecule has 0 fully saturated rings. The van der Waals surface area contributed by atoms with E-state index >= 15 is 0 Å². The molecular weight excluding hydrogens is 250 g/mol. The van der Waals surface area contributed by atoms with Crippen LogP contribution in [0.5, 0.6) is 0 Å². The minimum Gasteiger partial charge on any atom is -0.369 e. The van der Waals surface area contributed by atoms with Gasteiger partial charge in [0.25, 0.3) is 0 Å². The molecule has 0 saturated carbocycles. The normalized spacial score (nSPS) is 13.5. The van der Waals surface area contributed by atoms with E-state index in [1.165, 1.54) is 0 Å². The first-order chi connectivity index (χ1) is 9.58. The fourth-order valence-corrected chi connectivity index (χ4v) is 2.19. The Morgan fingerprint density at radius 3 is 2.05 bits per heavy atom. The fraction of sp³-hybridized carbons (Fsp3) is 0.188. The highest BCUT2D eigenvalue weighted by Crippen LogP contribution is 2.22. The zero-order valence-corrected chi connectivity index (χ0v) is 11.4. The lowest BCUT2D eigenvalue weighted by molar-refractivity contribution is -0.119. The topological polar surface area (TPSA) is 81.1 Å². The van der Waals surface area contributed by atoms with Crippen LogP contribution in [0.25, 0.3) is 0 Å². The van der Waals surface area contributed by atoms with Gasteiger partial charge in [-0.05, 0) is 36.8 Å². The maximum Gasteiger partial charge on any atom is 0.226 e. The Morgan fingerprint density at radius 2 is 1.55 bits per heavy atom. The molecule has 0 aliphatic carbocycles. The summed E-state index contributed by atoms with van der Waals surface area (Å²) >= 11 is 0. The summed E-state index contributed by atoms with van der Waals surface area (Å²) in [5.41, 5.74) is 14.0. The Morgan fingerprint density at radius 1 is 1.00 bits per heavy atom. The van der Waals surface area contributed by atoms with E-state index in [1.54, 1.807) is 6.92 Å². The summed E-state index contributed by atoms with van der Waals surface area (Å²) in [6.45, 7) is 1.78. The zero-order chi connectivity index (χ0) is 14.5. The van der Waals surface area contributed by atoms with Crippen LogP contribution in [-0.4, -0.2) is 11.9 Å². The average Bonchev–Trinajstić information content (AvgIpc) is 2.41. The van der Waals surface area contributed by atoms with Crippen molar-refractivity contribution in [1.82, 2.24) is 0 Å². The molecule has 2 aromatic rings. The van der Waals surface area contributed by atoms with Gasteiger partial charge in [0.1, 0.15) is 0 Å². The van der Waals surface area contributed by atoms with Crippen LogP contribution in [0, 0.1) is 0 Å². The second-order valence-corrected chi connectivity index (χ2v) is 4.85. The molecule has 2 aromatic carbocycles. The molecule has 5 N–H and O–H groups in total. The molecular formula is C16H19N3O. The van der Waals surface area contributed by atoms with Gasteiger partial charge in [0.15, 0.2) is 0 Å². The molecule has 1 amide bonds. The number of anilines is 2.